The molecule has 0 atom stereocenters. The van der Waals surface area contributed by atoms with E-state index in [2.05, 4.69) is 205 Å². The molecule has 0 N–H and O–H groups in total. The molecule has 0 amide bonds. The van der Waals surface area contributed by atoms with E-state index < -0.39 is 0 Å². The van der Waals surface area contributed by atoms with E-state index in [0.717, 1.165) is 50.1 Å². The van der Waals surface area contributed by atoms with Crippen LogP contribution in [-0.4, -0.2) is 0 Å². The second kappa shape index (κ2) is 13.2. The zero-order chi connectivity index (χ0) is 37.0. The van der Waals surface area contributed by atoms with E-state index in [4.69, 9.17) is 4.42 Å². The fraction of sp³-hybridized carbons (Fsp3) is 0. The Morgan fingerprint density at radius 1 is 0.304 bits per heavy atom. The van der Waals surface area contributed by atoms with Crippen LogP contribution in [0.5, 0.6) is 0 Å². The van der Waals surface area contributed by atoms with Gasteiger partial charge in [-0.1, -0.05) is 164 Å². The van der Waals surface area contributed by atoms with Crippen LogP contribution in [0, 0.1) is 0 Å². The zero-order valence-corrected chi connectivity index (χ0v) is 30.6. The van der Waals surface area contributed by atoms with Gasteiger partial charge < -0.3 is 9.32 Å². The molecule has 0 fully saturated rings. The van der Waals surface area contributed by atoms with Crippen molar-refractivity contribution in [1.29, 1.82) is 0 Å². The normalized spacial score (nSPS) is 11.6. The second-order valence-corrected chi connectivity index (χ2v) is 14.5. The molecule has 0 saturated heterocycles. The maximum absolute atomic E-state index is 6.41. The van der Waals surface area contributed by atoms with Crippen molar-refractivity contribution in [2.24, 2.45) is 0 Å². The number of rotatable bonds is 6. The van der Waals surface area contributed by atoms with Gasteiger partial charge in [0, 0.05) is 33.4 Å². The first-order chi connectivity index (χ1) is 27.7. The standard InChI is InChI=1S/C54H35NO/c1-2-10-36(11-3-1)42-13-8-14-46(34-42)55(45-32-28-39(29-33-45)48-17-9-18-50-49-16-6-7-19-52(49)56-54(48)50)44-30-26-37(27-31-44)43-25-22-40-21-24-41-23-20-38-12-4-5-15-47(38)53(41)51(40)35-43/h1-35H. The summed E-state index contributed by atoms with van der Waals surface area (Å²) in [5, 5.41) is 9.92. The van der Waals surface area contributed by atoms with Gasteiger partial charge in [-0.15, -0.1) is 0 Å². The van der Waals surface area contributed by atoms with Crippen molar-refractivity contribution < 1.29 is 4.42 Å². The molecule has 10 aromatic carbocycles. The third-order valence-electron chi connectivity index (χ3n) is 11.2. The summed E-state index contributed by atoms with van der Waals surface area (Å²) in [4.78, 5) is 2.35. The molecule has 2 heteroatoms. The number of hydrogen-bond donors (Lipinski definition) is 0. The Morgan fingerprint density at radius 2 is 0.857 bits per heavy atom. The van der Waals surface area contributed by atoms with Crippen LogP contribution in [0.15, 0.2) is 217 Å². The fourth-order valence-electron chi connectivity index (χ4n) is 8.48. The molecule has 0 aliphatic rings. The summed E-state index contributed by atoms with van der Waals surface area (Å²) in [7, 11) is 0. The minimum Gasteiger partial charge on any atom is -0.455 e. The molecule has 262 valence electrons. The Morgan fingerprint density at radius 3 is 1.66 bits per heavy atom. The predicted octanol–water partition coefficient (Wildman–Crippen LogP) is 15.5. The summed E-state index contributed by atoms with van der Waals surface area (Å²) >= 11 is 0. The van der Waals surface area contributed by atoms with Crippen molar-refractivity contribution >= 4 is 71.3 Å². The summed E-state index contributed by atoms with van der Waals surface area (Å²) in [6.45, 7) is 0. The molecule has 1 heterocycles. The maximum atomic E-state index is 6.41. The van der Waals surface area contributed by atoms with E-state index in [1.807, 2.05) is 12.1 Å². The first-order valence-electron chi connectivity index (χ1n) is 19.2. The minimum atomic E-state index is 0.907. The van der Waals surface area contributed by atoms with Gasteiger partial charge in [0.25, 0.3) is 0 Å². The zero-order valence-electron chi connectivity index (χ0n) is 30.6. The summed E-state index contributed by atoms with van der Waals surface area (Å²) in [5.41, 5.74) is 12.0. The number of hydrogen-bond acceptors (Lipinski definition) is 2. The van der Waals surface area contributed by atoms with Crippen molar-refractivity contribution in [2.45, 2.75) is 0 Å². The molecule has 0 spiro atoms. The lowest BCUT2D eigenvalue weighted by molar-refractivity contribution is 0.670. The molecule has 56 heavy (non-hydrogen) atoms. The van der Waals surface area contributed by atoms with Gasteiger partial charge in [0.1, 0.15) is 11.2 Å². The van der Waals surface area contributed by atoms with E-state index in [0.29, 0.717) is 0 Å². The molecule has 0 saturated carbocycles. The number of para-hydroxylation sites is 2. The average molecular weight is 714 g/mol. The SMILES string of the molecule is c1ccc(-c2cccc(N(c3ccc(-c4ccc5ccc6ccc7ccccc7c6c5c4)cc3)c3ccc(-c4cccc5c4oc4ccccc45)cc3)c2)cc1. The monoisotopic (exact) mass is 713 g/mol. The summed E-state index contributed by atoms with van der Waals surface area (Å²) < 4.78 is 6.41. The van der Waals surface area contributed by atoms with Gasteiger partial charge in [-0.2, -0.15) is 0 Å². The Labute approximate surface area is 325 Å². The first kappa shape index (κ1) is 32.0. The van der Waals surface area contributed by atoms with Crippen LogP contribution in [0.3, 0.4) is 0 Å². The molecule has 11 aromatic rings. The predicted molar refractivity (Wildman–Crippen MR) is 237 cm³/mol. The van der Waals surface area contributed by atoms with Gasteiger partial charge >= 0.3 is 0 Å². The highest BCUT2D eigenvalue weighted by Gasteiger charge is 2.17. The molecule has 11 rings (SSSR count). The van der Waals surface area contributed by atoms with Crippen LogP contribution in [0.4, 0.5) is 17.1 Å². The van der Waals surface area contributed by atoms with Crippen molar-refractivity contribution in [2.75, 3.05) is 4.90 Å². The highest BCUT2D eigenvalue weighted by Crippen LogP contribution is 2.41. The largest absolute Gasteiger partial charge is 0.455 e. The lowest BCUT2D eigenvalue weighted by Crippen LogP contribution is -2.10. The lowest BCUT2D eigenvalue weighted by Gasteiger charge is -2.26. The summed E-state index contributed by atoms with van der Waals surface area (Å²) in [6, 6.07) is 76.5. The van der Waals surface area contributed by atoms with Gasteiger partial charge in [0.05, 0.1) is 0 Å². The molecule has 0 bridgehead atoms. The van der Waals surface area contributed by atoms with Crippen LogP contribution < -0.4 is 4.90 Å². The molecule has 0 radical (unpaired) electrons. The molecule has 1 aromatic heterocycles. The maximum Gasteiger partial charge on any atom is 0.143 e. The minimum absolute atomic E-state index is 0.907. The average Bonchev–Trinajstić information content (AvgIpc) is 3.66. The van der Waals surface area contributed by atoms with Crippen LogP contribution in [0.25, 0.3) is 87.6 Å². The first-order valence-corrected chi connectivity index (χ1v) is 19.2. The topological polar surface area (TPSA) is 16.4 Å². The van der Waals surface area contributed by atoms with Crippen LogP contribution in [0.1, 0.15) is 0 Å². The van der Waals surface area contributed by atoms with E-state index in [1.165, 1.54) is 54.6 Å². The Kier molecular flexibility index (Phi) is 7.53. The van der Waals surface area contributed by atoms with Gasteiger partial charge in [-0.05, 0) is 109 Å². The number of anilines is 3. The van der Waals surface area contributed by atoms with E-state index >= 15 is 0 Å². The molecule has 2 nitrogen and oxygen atoms in total. The highest BCUT2D eigenvalue weighted by molar-refractivity contribution is 6.20. The van der Waals surface area contributed by atoms with Gasteiger partial charge in [0.2, 0.25) is 0 Å². The van der Waals surface area contributed by atoms with Crippen LogP contribution >= 0.6 is 0 Å². The second-order valence-electron chi connectivity index (χ2n) is 14.5. The third-order valence-corrected chi connectivity index (χ3v) is 11.2. The van der Waals surface area contributed by atoms with Crippen molar-refractivity contribution in [1.82, 2.24) is 0 Å². The summed E-state index contributed by atoms with van der Waals surface area (Å²) in [6.07, 6.45) is 0. The quantitative estimate of drug-likeness (QED) is 0.160. The summed E-state index contributed by atoms with van der Waals surface area (Å²) in [5.74, 6) is 0. The van der Waals surface area contributed by atoms with Gasteiger partial charge in [-0.3, -0.25) is 0 Å². The molecule has 0 unspecified atom stereocenters. The van der Waals surface area contributed by atoms with Crippen LogP contribution in [0.2, 0.25) is 0 Å². The van der Waals surface area contributed by atoms with Crippen LogP contribution in [-0.2, 0) is 0 Å². The smallest absolute Gasteiger partial charge is 0.143 e. The number of nitrogens with zero attached hydrogens (tertiary/aromatic N) is 1. The molecule has 0 aliphatic carbocycles. The van der Waals surface area contributed by atoms with Crippen molar-refractivity contribution in [3.05, 3.63) is 212 Å². The Bertz CT molecular complexity index is 3230. The van der Waals surface area contributed by atoms with Gasteiger partial charge in [0.15, 0.2) is 0 Å². The third kappa shape index (κ3) is 5.42. The highest BCUT2D eigenvalue weighted by atomic mass is 16.3. The van der Waals surface area contributed by atoms with E-state index in [-0.39, 0.29) is 0 Å². The molecular formula is C54H35NO. The van der Waals surface area contributed by atoms with E-state index in [1.54, 1.807) is 0 Å². The van der Waals surface area contributed by atoms with E-state index in [9.17, 15) is 0 Å². The fourth-order valence-corrected chi connectivity index (χ4v) is 8.48. The molecule has 0 aliphatic heterocycles. The van der Waals surface area contributed by atoms with Crippen molar-refractivity contribution in [3.63, 3.8) is 0 Å². The number of benzene rings is 10. The number of furan rings is 1. The van der Waals surface area contributed by atoms with Crippen molar-refractivity contribution in [3.8, 4) is 33.4 Å². The lowest BCUT2D eigenvalue weighted by atomic mass is 9.94. The Balaban J connectivity index is 1.01. The Hall–Kier alpha value is -7.42. The number of fused-ring (bicyclic) bond motifs is 8. The molecular weight excluding hydrogens is 679 g/mol. The van der Waals surface area contributed by atoms with Gasteiger partial charge in [-0.25, -0.2) is 0 Å².